The molecule has 1 heterocycles. The molecule has 0 aromatic carbocycles. The second kappa shape index (κ2) is 4.56. The van der Waals surface area contributed by atoms with Crippen molar-refractivity contribution in [3.8, 4) is 0 Å². The van der Waals surface area contributed by atoms with E-state index in [2.05, 4.69) is 0 Å². The van der Waals surface area contributed by atoms with Crippen LogP contribution in [0.15, 0.2) is 6.07 Å². The van der Waals surface area contributed by atoms with E-state index in [9.17, 15) is 31.1 Å². The topological polar surface area (TPSA) is 17.1 Å². The summed E-state index contributed by atoms with van der Waals surface area (Å²) in [5.74, 6) is -5.90. The summed E-state index contributed by atoms with van der Waals surface area (Å²) in [6, 6.07) is 1.38. The molecule has 1 rings (SSSR count). The van der Waals surface area contributed by atoms with Crippen LogP contribution in [0.4, 0.5) is 26.3 Å². The van der Waals surface area contributed by atoms with Crippen LogP contribution in [0.2, 0.25) is 0 Å². The molecule has 0 atom stereocenters. The Morgan fingerprint density at radius 2 is 1.56 bits per heavy atom. The van der Waals surface area contributed by atoms with Crippen LogP contribution >= 0.6 is 11.3 Å². The van der Waals surface area contributed by atoms with Gasteiger partial charge in [0.25, 0.3) is 0 Å². The number of alkyl halides is 6. The fourth-order valence-electron chi connectivity index (χ4n) is 1.50. The van der Waals surface area contributed by atoms with E-state index in [1.165, 1.54) is 19.9 Å². The second-order valence-corrected chi connectivity index (χ2v) is 5.01. The minimum absolute atomic E-state index is 0.126. The van der Waals surface area contributed by atoms with Crippen molar-refractivity contribution in [2.75, 3.05) is 0 Å². The van der Waals surface area contributed by atoms with Crippen molar-refractivity contribution in [2.45, 2.75) is 26.2 Å². The molecule has 1 nitrogen and oxygen atoms in total. The van der Waals surface area contributed by atoms with Crippen LogP contribution in [0.5, 0.6) is 0 Å². The summed E-state index contributed by atoms with van der Waals surface area (Å²) in [6.45, 7) is 2.81. The zero-order valence-electron chi connectivity index (χ0n) is 9.24. The highest BCUT2D eigenvalue weighted by atomic mass is 32.1. The predicted molar refractivity (Wildman–Crippen MR) is 53.7 cm³/mol. The van der Waals surface area contributed by atoms with Gasteiger partial charge in [-0.25, -0.2) is 0 Å². The van der Waals surface area contributed by atoms with Gasteiger partial charge in [0, 0.05) is 4.88 Å². The lowest BCUT2D eigenvalue weighted by Crippen LogP contribution is -2.42. The number of thiophene rings is 1. The Bertz CT molecular complexity index is 442. The van der Waals surface area contributed by atoms with Gasteiger partial charge >= 0.3 is 12.4 Å². The van der Waals surface area contributed by atoms with E-state index in [1.807, 2.05) is 0 Å². The number of hydrogen-bond donors (Lipinski definition) is 0. The highest BCUT2D eigenvalue weighted by Crippen LogP contribution is 2.42. The molecular weight excluding hydrogens is 282 g/mol. The van der Waals surface area contributed by atoms with Crippen molar-refractivity contribution in [1.82, 2.24) is 0 Å². The first-order valence-corrected chi connectivity index (χ1v) is 5.51. The molecule has 0 radical (unpaired) electrons. The number of aryl methyl sites for hydroxylation is 2. The van der Waals surface area contributed by atoms with E-state index < -0.39 is 28.9 Å². The number of hydrogen-bond acceptors (Lipinski definition) is 2. The number of halogens is 6. The number of Topliss-reactive ketones (excluding diaryl/α,β-unsaturated/α-hetero) is 1. The minimum atomic E-state index is -5.64. The van der Waals surface area contributed by atoms with Crippen molar-refractivity contribution in [3.05, 3.63) is 21.4 Å². The largest absolute Gasteiger partial charge is 0.407 e. The van der Waals surface area contributed by atoms with Crippen LogP contribution in [-0.4, -0.2) is 18.1 Å². The second-order valence-electron chi connectivity index (χ2n) is 3.75. The molecule has 0 unspecified atom stereocenters. The number of ketones is 1. The monoisotopic (exact) mass is 290 g/mol. The molecule has 0 bridgehead atoms. The molecule has 0 saturated heterocycles. The summed E-state index contributed by atoms with van der Waals surface area (Å²) < 4.78 is 74.1. The first kappa shape index (κ1) is 15.0. The molecule has 0 spiro atoms. The maximum absolute atomic E-state index is 12.4. The van der Waals surface area contributed by atoms with Gasteiger partial charge in [0.1, 0.15) is 0 Å². The van der Waals surface area contributed by atoms with Crippen molar-refractivity contribution < 1.29 is 31.1 Å². The first-order chi connectivity index (χ1) is 7.94. The first-order valence-electron chi connectivity index (χ1n) is 4.69. The van der Waals surface area contributed by atoms with Gasteiger partial charge < -0.3 is 0 Å². The number of carbonyl (C=O) groups is 1. The van der Waals surface area contributed by atoms with Crippen LogP contribution in [0.1, 0.15) is 20.1 Å². The van der Waals surface area contributed by atoms with Crippen LogP contribution in [0.25, 0.3) is 0 Å². The molecule has 1 aromatic rings. The Morgan fingerprint density at radius 1 is 1.11 bits per heavy atom. The smallest absolute Gasteiger partial charge is 0.292 e. The zero-order valence-corrected chi connectivity index (χ0v) is 10.1. The summed E-state index contributed by atoms with van der Waals surface area (Å²) in [7, 11) is 0. The van der Waals surface area contributed by atoms with E-state index in [-0.39, 0.29) is 5.56 Å². The van der Waals surface area contributed by atoms with Gasteiger partial charge in [-0.1, -0.05) is 0 Å². The molecule has 18 heavy (non-hydrogen) atoms. The van der Waals surface area contributed by atoms with Crippen molar-refractivity contribution >= 4 is 17.1 Å². The van der Waals surface area contributed by atoms with Gasteiger partial charge in [-0.15, -0.1) is 11.3 Å². The number of carbonyl (C=O) groups excluding carboxylic acids is 1. The quantitative estimate of drug-likeness (QED) is 0.586. The maximum atomic E-state index is 12.4. The maximum Gasteiger partial charge on any atom is 0.407 e. The molecule has 1 aromatic heterocycles. The van der Waals surface area contributed by atoms with E-state index in [0.717, 1.165) is 0 Å². The average molecular weight is 290 g/mol. The molecule has 0 amide bonds. The average Bonchev–Trinajstić information content (AvgIpc) is 2.39. The van der Waals surface area contributed by atoms with Gasteiger partial charge in [0.2, 0.25) is 5.92 Å². The van der Waals surface area contributed by atoms with Crippen LogP contribution < -0.4 is 0 Å². The van der Waals surface area contributed by atoms with Crippen LogP contribution in [0, 0.1) is 19.8 Å². The third-order valence-electron chi connectivity index (χ3n) is 2.18. The minimum Gasteiger partial charge on any atom is -0.292 e. The summed E-state index contributed by atoms with van der Waals surface area (Å²) in [5, 5.41) is 0. The summed E-state index contributed by atoms with van der Waals surface area (Å²) in [6.07, 6.45) is -11.3. The Morgan fingerprint density at radius 3 is 1.83 bits per heavy atom. The molecule has 0 saturated carbocycles. The standard InChI is InChI=1S/C10H8F6OS/c1-4-3-5(2)18-7(4)6(17)8(9(11,12)13)10(14,15)16/h3,8H,1-2H3. The van der Waals surface area contributed by atoms with Crippen LogP contribution in [0.3, 0.4) is 0 Å². The van der Waals surface area contributed by atoms with E-state index in [1.54, 1.807) is 0 Å². The van der Waals surface area contributed by atoms with Gasteiger partial charge in [-0.3, -0.25) is 4.79 Å². The van der Waals surface area contributed by atoms with Gasteiger partial charge in [-0.05, 0) is 25.5 Å². The SMILES string of the molecule is Cc1cc(C)c(C(=O)C(C(F)(F)F)C(F)(F)F)s1. The predicted octanol–water partition coefficient (Wildman–Crippen LogP) is 4.29. The normalized spacial score (nSPS) is 13.2. The van der Waals surface area contributed by atoms with Gasteiger partial charge in [0.05, 0.1) is 4.88 Å². The Hall–Kier alpha value is -1.05. The molecule has 8 heteroatoms. The Labute approximate surface area is 102 Å². The Balaban J connectivity index is 3.24. The number of rotatable bonds is 2. The molecule has 0 fully saturated rings. The van der Waals surface area contributed by atoms with E-state index >= 15 is 0 Å². The molecule has 0 aliphatic carbocycles. The summed E-state index contributed by atoms with van der Waals surface area (Å²) in [5.41, 5.74) is 0.126. The fourth-order valence-corrected chi connectivity index (χ4v) is 2.50. The van der Waals surface area contributed by atoms with Crippen molar-refractivity contribution in [1.29, 1.82) is 0 Å². The zero-order chi connectivity index (χ0) is 14.3. The highest BCUT2D eigenvalue weighted by Gasteiger charge is 2.61. The van der Waals surface area contributed by atoms with Crippen molar-refractivity contribution in [3.63, 3.8) is 0 Å². The molecule has 0 aliphatic heterocycles. The Kier molecular flexibility index (Phi) is 3.81. The van der Waals surface area contributed by atoms with Crippen molar-refractivity contribution in [2.24, 2.45) is 5.92 Å². The van der Waals surface area contributed by atoms with E-state index in [0.29, 0.717) is 16.2 Å². The third kappa shape index (κ3) is 3.04. The molecule has 102 valence electrons. The summed E-state index contributed by atoms with van der Waals surface area (Å²) >= 11 is 0.633. The molecular formula is C10H8F6OS. The van der Waals surface area contributed by atoms with Gasteiger partial charge in [0.15, 0.2) is 5.78 Å². The molecule has 0 N–H and O–H groups in total. The van der Waals surface area contributed by atoms with Gasteiger partial charge in [-0.2, -0.15) is 26.3 Å². The lowest BCUT2D eigenvalue weighted by atomic mass is 10.00. The molecule has 0 aliphatic rings. The lowest BCUT2D eigenvalue weighted by Gasteiger charge is -2.21. The third-order valence-corrected chi connectivity index (χ3v) is 3.35. The lowest BCUT2D eigenvalue weighted by molar-refractivity contribution is -0.264. The van der Waals surface area contributed by atoms with E-state index in [4.69, 9.17) is 0 Å². The highest BCUT2D eigenvalue weighted by molar-refractivity contribution is 7.14. The van der Waals surface area contributed by atoms with Crippen LogP contribution in [-0.2, 0) is 0 Å². The fraction of sp³-hybridized carbons (Fsp3) is 0.500. The summed E-state index contributed by atoms with van der Waals surface area (Å²) in [4.78, 5) is 11.4.